The monoisotopic (exact) mass is 698 g/mol. The van der Waals surface area contributed by atoms with E-state index in [0.29, 0.717) is 11.3 Å². The topological polar surface area (TPSA) is 139 Å². The first kappa shape index (κ1) is 32.7. The number of piperazine rings is 2. The van der Waals surface area contributed by atoms with Crippen molar-refractivity contribution >= 4 is 84.6 Å². The van der Waals surface area contributed by atoms with Crippen molar-refractivity contribution in [3.8, 4) is 0 Å². The Morgan fingerprint density at radius 3 is 1.48 bits per heavy atom. The quantitative estimate of drug-likeness (QED) is 0.181. The summed E-state index contributed by atoms with van der Waals surface area (Å²) in [6.07, 6.45) is 3.69. The Bertz CT molecular complexity index is 1610. The minimum Gasteiger partial charge on any atom is -0.392 e. The number of carbonyl (C=O) groups excluding carboxylic acids is 5. The molecular formula is C31H30N4O7S4. The van der Waals surface area contributed by atoms with E-state index in [-0.39, 0.29) is 17.3 Å². The lowest BCUT2D eigenvalue weighted by Crippen LogP contribution is -2.78. The maximum atomic E-state index is 13.8. The molecule has 240 valence electrons. The second-order valence-corrected chi connectivity index (χ2v) is 16.5. The van der Waals surface area contributed by atoms with Crippen LogP contribution in [0, 0.1) is 0 Å². The molecule has 46 heavy (non-hydrogen) atoms. The van der Waals surface area contributed by atoms with E-state index in [0.717, 1.165) is 37.6 Å². The van der Waals surface area contributed by atoms with Crippen LogP contribution in [0.1, 0.15) is 31.8 Å². The van der Waals surface area contributed by atoms with E-state index in [1.54, 1.807) is 67.5 Å². The number of Topliss-reactive ketones (excluding diaryl/α,β-unsaturated/α-hetero) is 2. The number of carbonyl (C=O) groups is 5. The molecule has 0 saturated carbocycles. The van der Waals surface area contributed by atoms with E-state index in [1.807, 2.05) is 12.2 Å². The van der Waals surface area contributed by atoms with Crippen LogP contribution >= 0.6 is 43.2 Å². The molecule has 0 aliphatic carbocycles. The van der Waals surface area contributed by atoms with Crippen molar-refractivity contribution in [2.75, 3.05) is 41.4 Å². The summed E-state index contributed by atoms with van der Waals surface area (Å²) >= 11 is 0. The number of benzene rings is 2. The molecule has 11 nitrogen and oxygen atoms in total. The smallest absolute Gasteiger partial charge is 0.269 e. The molecule has 2 unspecified atom stereocenters. The van der Waals surface area contributed by atoms with Crippen molar-refractivity contribution in [3.63, 3.8) is 0 Å². The normalized spacial score (nSPS) is 30.7. The molecule has 6 heterocycles. The average Bonchev–Trinajstić information content (AvgIpc) is 3.08. The minimum absolute atomic E-state index is 0.264. The first-order valence-electron chi connectivity index (χ1n) is 14.0. The molecule has 8 rings (SSSR count). The lowest BCUT2D eigenvalue weighted by atomic mass is 9.94. The molecule has 15 heteroatoms. The van der Waals surface area contributed by atoms with Crippen LogP contribution in [-0.2, 0) is 14.4 Å². The number of hydrogen-bond donors (Lipinski definition) is 2. The van der Waals surface area contributed by atoms with Crippen molar-refractivity contribution < 1.29 is 34.2 Å². The van der Waals surface area contributed by atoms with Crippen molar-refractivity contribution in [2.24, 2.45) is 0 Å². The Hall–Kier alpha value is -3.21. The fraction of sp³-hybridized carbons (Fsp3) is 0.323. The van der Waals surface area contributed by atoms with Gasteiger partial charge in [-0.1, -0.05) is 67.3 Å². The summed E-state index contributed by atoms with van der Waals surface area (Å²) in [7, 11) is 10.5. The van der Waals surface area contributed by atoms with Gasteiger partial charge in [-0.25, -0.2) is 0 Å². The molecule has 6 saturated heterocycles. The van der Waals surface area contributed by atoms with Gasteiger partial charge in [0, 0.05) is 39.3 Å². The van der Waals surface area contributed by atoms with Crippen LogP contribution in [0.2, 0.25) is 0 Å². The third-order valence-electron chi connectivity index (χ3n) is 9.15. The predicted molar refractivity (Wildman–Crippen MR) is 181 cm³/mol. The molecule has 4 atom stereocenters. The van der Waals surface area contributed by atoms with Gasteiger partial charge in [-0.15, -0.1) is 0 Å². The highest BCUT2D eigenvalue weighted by Crippen LogP contribution is 2.62. The van der Waals surface area contributed by atoms with Gasteiger partial charge >= 0.3 is 0 Å². The molecule has 0 radical (unpaired) electrons. The number of amides is 3. The SMILES string of the molecule is C=C1N(C)[C@@]2(CO)SSC1(C(=O)c1ccc(/C=C/c3ccc(C(=O)C45SS[C@@](CO)(C(=O)N4C)N(C)C5=O)cc3)cc1)N(C)C2=O. The zero-order valence-corrected chi connectivity index (χ0v) is 28.5. The number of ketones is 2. The van der Waals surface area contributed by atoms with Gasteiger partial charge in [-0.3, -0.25) is 24.0 Å². The van der Waals surface area contributed by atoms with E-state index in [2.05, 4.69) is 6.58 Å². The summed E-state index contributed by atoms with van der Waals surface area (Å²) in [5.41, 5.74) is 2.68. The summed E-state index contributed by atoms with van der Waals surface area (Å²) in [5, 5.41) is 19.9. The van der Waals surface area contributed by atoms with Crippen LogP contribution in [0.5, 0.6) is 0 Å². The highest BCUT2D eigenvalue weighted by molar-refractivity contribution is 8.78. The number of aliphatic hydroxyl groups is 2. The van der Waals surface area contributed by atoms with Crippen molar-refractivity contribution in [1.29, 1.82) is 0 Å². The summed E-state index contributed by atoms with van der Waals surface area (Å²) < 4.78 is 0. The molecular weight excluding hydrogens is 669 g/mol. The second-order valence-electron chi connectivity index (χ2n) is 11.3. The van der Waals surface area contributed by atoms with Gasteiger partial charge in [0.05, 0.1) is 18.9 Å². The molecule has 6 aliphatic rings. The van der Waals surface area contributed by atoms with Crippen molar-refractivity contribution in [3.05, 3.63) is 83.1 Å². The Morgan fingerprint density at radius 1 is 0.630 bits per heavy atom. The maximum absolute atomic E-state index is 13.8. The average molecular weight is 699 g/mol. The largest absolute Gasteiger partial charge is 0.392 e. The van der Waals surface area contributed by atoms with Crippen LogP contribution in [0.25, 0.3) is 12.2 Å². The first-order chi connectivity index (χ1) is 21.8. The molecule has 2 N–H and O–H groups in total. The Labute approximate surface area is 281 Å². The highest BCUT2D eigenvalue weighted by Gasteiger charge is 2.71. The maximum Gasteiger partial charge on any atom is 0.269 e. The zero-order chi connectivity index (χ0) is 33.4. The molecule has 4 bridgehead atoms. The number of hydrogen-bond acceptors (Lipinski definition) is 12. The summed E-state index contributed by atoms with van der Waals surface area (Å²) in [6, 6.07) is 13.6. The molecule has 2 aromatic carbocycles. The third kappa shape index (κ3) is 4.08. The van der Waals surface area contributed by atoms with Gasteiger partial charge in [0.15, 0.2) is 4.87 Å². The molecule has 2 aromatic rings. The third-order valence-corrected chi connectivity index (χ3v) is 16.4. The van der Waals surface area contributed by atoms with E-state index in [4.69, 9.17) is 0 Å². The predicted octanol–water partition coefficient (Wildman–Crippen LogP) is 2.63. The molecule has 3 amide bonds. The number of rotatable bonds is 8. The number of aliphatic hydroxyl groups excluding tert-OH is 2. The molecule has 6 fully saturated rings. The van der Waals surface area contributed by atoms with Crippen LogP contribution in [0.15, 0.2) is 60.8 Å². The van der Waals surface area contributed by atoms with Crippen LogP contribution in [-0.4, -0.2) is 120 Å². The Balaban J connectivity index is 1.18. The summed E-state index contributed by atoms with van der Waals surface area (Å²) in [4.78, 5) is 66.7. The summed E-state index contributed by atoms with van der Waals surface area (Å²) in [5.74, 6) is -2.22. The van der Waals surface area contributed by atoms with E-state index < -0.39 is 50.3 Å². The van der Waals surface area contributed by atoms with Gasteiger partial charge in [-0.05, 0) is 54.3 Å². The molecule has 0 aromatic heterocycles. The second kappa shape index (κ2) is 11.2. The van der Waals surface area contributed by atoms with E-state index in [1.165, 1.54) is 45.5 Å². The standard InChI is InChI=1S/C31H30N4O7S4/c1-18-30(34(4)25(40)28(16-36,32(18)2)43-45-30)23(38)21-12-8-19(9-13-21)6-7-20-10-14-22(15-11-20)24(39)31-27(42)33(3)29(17-37,44-46-31)26(41)35(31)5/h6-15,36-37H,1,16-17H2,2-5H3/b7-6+/t28-,29-,30?,31?/m0/s1. The lowest BCUT2D eigenvalue weighted by molar-refractivity contribution is -0.163. The Morgan fingerprint density at radius 2 is 1.02 bits per heavy atom. The van der Waals surface area contributed by atoms with Crippen LogP contribution in [0.4, 0.5) is 0 Å². The van der Waals surface area contributed by atoms with Crippen molar-refractivity contribution in [1.82, 2.24) is 19.6 Å². The molecule has 0 spiro atoms. The number of nitrogens with zero attached hydrogens (tertiary/aromatic N) is 4. The summed E-state index contributed by atoms with van der Waals surface area (Å²) in [6.45, 7) is 3.15. The van der Waals surface area contributed by atoms with E-state index >= 15 is 0 Å². The minimum atomic E-state index is -1.76. The fourth-order valence-electron chi connectivity index (χ4n) is 5.99. The lowest BCUT2D eigenvalue weighted by Gasteiger charge is -2.60. The van der Waals surface area contributed by atoms with Gasteiger partial charge < -0.3 is 29.8 Å². The van der Waals surface area contributed by atoms with Crippen LogP contribution < -0.4 is 0 Å². The Kier molecular flexibility index (Phi) is 7.97. The molecule has 6 aliphatic heterocycles. The van der Waals surface area contributed by atoms with Crippen molar-refractivity contribution in [2.45, 2.75) is 19.5 Å². The fourth-order valence-corrected chi connectivity index (χ4v) is 13.3. The van der Waals surface area contributed by atoms with E-state index in [9.17, 15) is 34.2 Å². The van der Waals surface area contributed by atoms with Gasteiger partial charge in [-0.2, -0.15) is 0 Å². The van der Waals surface area contributed by atoms with Gasteiger partial charge in [0.1, 0.15) is 0 Å². The van der Waals surface area contributed by atoms with Gasteiger partial charge in [0.25, 0.3) is 17.7 Å². The van der Waals surface area contributed by atoms with Crippen LogP contribution in [0.3, 0.4) is 0 Å². The number of fused-ring (bicyclic) bond motifs is 6. The highest BCUT2D eigenvalue weighted by atomic mass is 33.1. The van der Waals surface area contributed by atoms with Gasteiger partial charge in [0.2, 0.25) is 26.2 Å². The first-order valence-corrected chi connectivity index (χ1v) is 18.3. The zero-order valence-electron chi connectivity index (χ0n) is 25.3. The number of likely N-dealkylation sites (N-methyl/N-ethyl adjacent to an activating group) is 4.